The molecule has 8 heteroatoms. The summed E-state index contributed by atoms with van der Waals surface area (Å²) >= 11 is 0. The predicted molar refractivity (Wildman–Crippen MR) is 124 cm³/mol. The molecule has 0 unspecified atom stereocenters. The van der Waals surface area contributed by atoms with Gasteiger partial charge < -0.3 is 14.5 Å². The summed E-state index contributed by atoms with van der Waals surface area (Å²) in [6.07, 6.45) is 3.97. The van der Waals surface area contributed by atoms with Crippen molar-refractivity contribution in [3.05, 3.63) is 80.6 Å². The number of hydrogen-bond acceptors (Lipinski definition) is 6. The highest BCUT2D eigenvalue weighted by Gasteiger charge is 2.22. The molecular formula is C25H23N3O5. The molecule has 2 heterocycles. The van der Waals surface area contributed by atoms with Crippen LogP contribution in [0.25, 0.3) is 21.7 Å². The van der Waals surface area contributed by atoms with E-state index >= 15 is 0 Å². The van der Waals surface area contributed by atoms with Crippen LogP contribution in [0.2, 0.25) is 0 Å². The van der Waals surface area contributed by atoms with Crippen LogP contribution in [0.15, 0.2) is 62.5 Å². The van der Waals surface area contributed by atoms with Crippen molar-refractivity contribution in [3.8, 4) is 5.75 Å². The second kappa shape index (κ2) is 8.54. The maximum Gasteiger partial charge on any atom is 0.349 e. The van der Waals surface area contributed by atoms with Crippen LogP contribution in [0.1, 0.15) is 47.8 Å². The summed E-state index contributed by atoms with van der Waals surface area (Å²) in [6, 6.07) is 14.0. The molecule has 8 nitrogen and oxygen atoms in total. The van der Waals surface area contributed by atoms with Gasteiger partial charge in [-0.15, -0.1) is 0 Å². The standard InChI is InChI=1S/C25H23N3O5/c1-32-21-12-6-7-15-13-19(25(31)33-22(15)21)23(29)26-14-20-17-10-4-5-11-18(17)24(30)28(27-20)16-8-2-3-9-16/h4-7,10-13,16H,2-3,8-9,14H2,1H3,(H,26,29). The van der Waals surface area contributed by atoms with Crippen LogP contribution in [0.3, 0.4) is 0 Å². The molecule has 1 aliphatic rings. The minimum Gasteiger partial charge on any atom is -0.493 e. The van der Waals surface area contributed by atoms with E-state index in [1.807, 2.05) is 18.2 Å². The summed E-state index contributed by atoms with van der Waals surface area (Å²) in [4.78, 5) is 38.4. The summed E-state index contributed by atoms with van der Waals surface area (Å²) in [5, 5.41) is 9.22. The van der Waals surface area contributed by atoms with Crippen molar-refractivity contribution < 1.29 is 13.9 Å². The van der Waals surface area contributed by atoms with Crippen molar-refractivity contribution in [2.24, 2.45) is 0 Å². The van der Waals surface area contributed by atoms with E-state index in [1.54, 1.807) is 28.9 Å². The molecule has 1 saturated carbocycles. The molecule has 0 bridgehead atoms. The number of carbonyl (C=O) groups excluding carboxylic acids is 1. The molecule has 2 aromatic carbocycles. The van der Waals surface area contributed by atoms with Gasteiger partial charge in [0.2, 0.25) is 0 Å². The van der Waals surface area contributed by atoms with Gasteiger partial charge in [0.1, 0.15) is 5.56 Å². The van der Waals surface area contributed by atoms with Gasteiger partial charge in [-0.1, -0.05) is 43.2 Å². The fourth-order valence-electron chi connectivity index (χ4n) is 4.50. The maximum absolute atomic E-state index is 13.0. The summed E-state index contributed by atoms with van der Waals surface area (Å²) in [5.41, 5.74) is -0.103. The number of amides is 1. The molecule has 1 amide bonds. The van der Waals surface area contributed by atoms with E-state index in [0.29, 0.717) is 27.6 Å². The smallest absolute Gasteiger partial charge is 0.349 e. The normalized spacial score (nSPS) is 14.1. The minimum atomic E-state index is -0.752. The number of aromatic nitrogens is 2. The summed E-state index contributed by atoms with van der Waals surface area (Å²) in [5.74, 6) is -0.153. The minimum absolute atomic E-state index is 0.0686. The van der Waals surface area contributed by atoms with Crippen LogP contribution >= 0.6 is 0 Å². The average molecular weight is 445 g/mol. The Morgan fingerprint density at radius 2 is 1.88 bits per heavy atom. The lowest BCUT2D eigenvalue weighted by Gasteiger charge is -2.16. The highest BCUT2D eigenvalue weighted by molar-refractivity contribution is 5.97. The van der Waals surface area contributed by atoms with Crippen LogP contribution in [0.4, 0.5) is 0 Å². The molecule has 1 aliphatic carbocycles. The van der Waals surface area contributed by atoms with Crippen molar-refractivity contribution in [3.63, 3.8) is 0 Å². The fourth-order valence-corrected chi connectivity index (χ4v) is 4.50. The third kappa shape index (κ3) is 3.77. The number of benzene rings is 2. The molecule has 0 saturated heterocycles. The van der Waals surface area contributed by atoms with Crippen LogP contribution in [-0.2, 0) is 6.54 Å². The zero-order valence-electron chi connectivity index (χ0n) is 18.2. The fraction of sp³-hybridized carbons (Fsp3) is 0.280. The third-order valence-corrected chi connectivity index (χ3v) is 6.18. The number of hydrogen-bond donors (Lipinski definition) is 1. The maximum atomic E-state index is 13.0. The molecule has 5 rings (SSSR count). The number of para-hydroxylation sites is 1. The first-order valence-corrected chi connectivity index (χ1v) is 11.0. The Balaban J connectivity index is 1.48. The van der Waals surface area contributed by atoms with E-state index in [9.17, 15) is 14.4 Å². The van der Waals surface area contributed by atoms with E-state index < -0.39 is 11.5 Å². The Morgan fingerprint density at radius 1 is 1.12 bits per heavy atom. The monoisotopic (exact) mass is 445 g/mol. The number of carbonyl (C=O) groups is 1. The van der Waals surface area contributed by atoms with E-state index in [0.717, 1.165) is 25.7 Å². The number of ether oxygens (including phenoxy) is 1. The molecule has 0 atom stereocenters. The van der Waals surface area contributed by atoms with E-state index in [1.165, 1.54) is 13.2 Å². The Labute approximate surface area is 188 Å². The SMILES string of the molecule is COc1cccc2cc(C(=O)NCc3nn(C4CCCC4)c(=O)c4ccccc34)c(=O)oc12. The van der Waals surface area contributed by atoms with Crippen molar-refractivity contribution >= 4 is 27.6 Å². The predicted octanol–water partition coefficient (Wildman–Crippen LogP) is 3.56. The van der Waals surface area contributed by atoms with Gasteiger partial charge in [-0.25, -0.2) is 9.48 Å². The summed E-state index contributed by atoms with van der Waals surface area (Å²) in [7, 11) is 1.48. The number of nitrogens with zero attached hydrogens (tertiary/aromatic N) is 2. The zero-order chi connectivity index (χ0) is 22.9. The molecule has 0 spiro atoms. The molecule has 0 aliphatic heterocycles. The second-order valence-corrected chi connectivity index (χ2v) is 8.19. The van der Waals surface area contributed by atoms with Gasteiger partial charge >= 0.3 is 5.63 Å². The number of nitrogens with one attached hydrogen (secondary N) is 1. The molecule has 4 aromatic rings. The molecule has 0 radical (unpaired) electrons. The molecule has 2 aromatic heterocycles. The van der Waals surface area contributed by atoms with Gasteiger partial charge in [-0.2, -0.15) is 5.10 Å². The first-order chi connectivity index (χ1) is 16.1. The lowest BCUT2D eigenvalue weighted by atomic mass is 10.1. The first kappa shape index (κ1) is 20.9. The lowest BCUT2D eigenvalue weighted by molar-refractivity contribution is 0.0946. The van der Waals surface area contributed by atoms with Crippen molar-refractivity contribution in [2.75, 3.05) is 7.11 Å². The van der Waals surface area contributed by atoms with E-state index in [-0.39, 0.29) is 29.3 Å². The number of rotatable bonds is 5. The average Bonchev–Trinajstić information content (AvgIpc) is 3.37. The summed E-state index contributed by atoms with van der Waals surface area (Å²) in [6.45, 7) is 0.0714. The van der Waals surface area contributed by atoms with Crippen LogP contribution < -0.4 is 21.2 Å². The Kier molecular flexibility index (Phi) is 5.42. The zero-order valence-corrected chi connectivity index (χ0v) is 18.2. The highest BCUT2D eigenvalue weighted by Crippen LogP contribution is 2.28. The van der Waals surface area contributed by atoms with Gasteiger partial charge in [0, 0.05) is 10.8 Å². The van der Waals surface area contributed by atoms with E-state index in [2.05, 4.69) is 10.4 Å². The second-order valence-electron chi connectivity index (χ2n) is 8.19. The van der Waals surface area contributed by atoms with Crippen LogP contribution in [0, 0.1) is 0 Å². The molecular weight excluding hydrogens is 422 g/mol. The number of fused-ring (bicyclic) bond motifs is 2. The van der Waals surface area contributed by atoms with Gasteiger partial charge in [-0.3, -0.25) is 9.59 Å². The Hall–Kier alpha value is -3.94. The largest absolute Gasteiger partial charge is 0.493 e. The third-order valence-electron chi connectivity index (χ3n) is 6.18. The number of methoxy groups -OCH3 is 1. The molecule has 1 fully saturated rings. The van der Waals surface area contributed by atoms with E-state index in [4.69, 9.17) is 9.15 Å². The van der Waals surface area contributed by atoms with Gasteiger partial charge in [0.25, 0.3) is 11.5 Å². The molecule has 33 heavy (non-hydrogen) atoms. The molecule has 168 valence electrons. The highest BCUT2D eigenvalue weighted by atomic mass is 16.5. The van der Waals surface area contributed by atoms with Crippen LogP contribution in [-0.4, -0.2) is 22.8 Å². The van der Waals surface area contributed by atoms with Gasteiger partial charge in [-0.05, 0) is 31.0 Å². The van der Waals surface area contributed by atoms with Crippen molar-refractivity contribution in [1.29, 1.82) is 0 Å². The van der Waals surface area contributed by atoms with Crippen molar-refractivity contribution in [2.45, 2.75) is 38.3 Å². The van der Waals surface area contributed by atoms with Gasteiger partial charge in [0.05, 0.1) is 30.8 Å². The quantitative estimate of drug-likeness (QED) is 0.471. The lowest BCUT2D eigenvalue weighted by Crippen LogP contribution is -2.31. The van der Waals surface area contributed by atoms with Crippen LogP contribution in [0.5, 0.6) is 5.75 Å². The van der Waals surface area contributed by atoms with Gasteiger partial charge in [0.15, 0.2) is 11.3 Å². The topological polar surface area (TPSA) is 103 Å². The van der Waals surface area contributed by atoms with Crippen molar-refractivity contribution in [1.82, 2.24) is 15.1 Å². The first-order valence-electron chi connectivity index (χ1n) is 11.0. The Morgan fingerprint density at radius 3 is 2.64 bits per heavy atom. The Bertz CT molecular complexity index is 1480. The molecule has 1 N–H and O–H groups in total. The summed E-state index contributed by atoms with van der Waals surface area (Å²) < 4.78 is 12.1.